The van der Waals surface area contributed by atoms with E-state index in [9.17, 15) is 40.8 Å². The molecule has 0 atom stereocenters. The molecule has 0 radical (unpaired) electrons. The summed E-state index contributed by atoms with van der Waals surface area (Å²) in [5.74, 6) is 0. The maximum Gasteiger partial charge on any atom is 0.435 e. The number of alkyl halides is 7. The molecule has 2 aromatic carbocycles. The zero-order chi connectivity index (χ0) is 21.5. The number of hydrogen-bond acceptors (Lipinski definition) is 2. The molecule has 0 unspecified atom stereocenters. The minimum Gasteiger partial charge on any atom is -0.258 e. The van der Waals surface area contributed by atoms with Crippen molar-refractivity contribution in [3.63, 3.8) is 0 Å². The van der Waals surface area contributed by atoms with Crippen LogP contribution in [0.25, 0.3) is 11.1 Å². The lowest BCUT2D eigenvalue weighted by Crippen LogP contribution is -2.50. The van der Waals surface area contributed by atoms with Gasteiger partial charge in [-0.1, -0.05) is 28.9 Å². The topological polar surface area (TPSA) is 43.1 Å². The molecule has 0 aliphatic heterocycles. The van der Waals surface area contributed by atoms with Gasteiger partial charge in [-0.2, -0.15) is 26.3 Å². The van der Waals surface area contributed by atoms with Crippen LogP contribution in [-0.4, -0.2) is 17.3 Å². The van der Waals surface area contributed by atoms with Crippen LogP contribution in [0, 0.1) is 10.1 Å². The second-order valence-corrected chi connectivity index (χ2v) is 6.67. The fourth-order valence-electron chi connectivity index (χ4n) is 2.65. The largest absolute Gasteiger partial charge is 0.435 e. The molecule has 28 heavy (non-hydrogen) atoms. The van der Waals surface area contributed by atoms with E-state index in [4.69, 9.17) is 0 Å². The van der Waals surface area contributed by atoms with Crippen LogP contribution in [0.1, 0.15) is 18.1 Å². The molecule has 0 N–H and O–H groups in total. The lowest BCUT2D eigenvalue weighted by molar-refractivity contribution is -0.384. The van der Waals surface area contributed by atoms with Crippen molar-refractivity contribution in [2.45, 2.75) is 31.4 Å². The molecule has 11 heteroatoms. The first kappa shape index (κ1) is 22.1. The summed E-state index contributed by atoms with van der Waals surface area (Å²) in [4.78, 5) is 9.94. The summed E-state index contributed by atoms with van der Waals surface area (Å²) < 4.78 is 94.5. The van der Waals surface area contributed by atoms with Crippen LogP contribution in [0.2, 0.25) is 0 Å². The van der Waals surface area contributed by atoms with Crippen LogP contribution in [0.3, 0.4) is 0 Å². The van der Waals surface area contributed by atoms with E-state index < -0.39 is 39.8 Å². The summed E-state index contributed by atoms with van der Waals surface area (Å²) in [6.07, 6.45) is -12.5. The van der Waals surface area contributed by atoms with Gasteiger partial charge in [-0.05, 0) is 35.7 Å². The monoisotopic (exact) mass is 473 g/mol. The third-order valence-electron chi connectivity index (χ3n) is 4.08. The molecule has 0 saturated carbocycles. The number of non-ortho nitro benzene ring substituents is 1. The Morgan fingerprint density at radius 3 is 1.86 bits per heavy atom. The van der Waals surface area contributed by atoms with Crippen molar-refractivity contribution >= 4 is 21.6 Å². The van der Waals surface area contributed by atoms with Crippen molar-refractivity contribution in [1.29, 1.82) is 0 Å². The molecule has 3 nitrogen and oxygen atoms in total. The van der Waals surface area contributed by atoms with Crippen LogP contribution >= 0.6 is 15.9 Å². The Morgan fingerprint density at radius 1 is 0.964 bits per heavy atom. The highest BCUT2D eigenvalue weighted by atomic mass is 79.9. The van der Waals surface area contributed by atoms with E-state index in [1.165, 1.54) is 13.0 Å². The number of benzene rings is 2. The molecule has 0 bridgehead atoms. The lowest BCUT2D eigenvalue weighted by Gasteiger charge is -2.32. The number of halogens is 8. The zero-order valence-corrected chi connectivity index (χ0v) is 15.5. The SMILES string of the molecule is CCc1cc(Br)c(-c2ccc([N+](=O)[O-])cc2)c(C(F)(C(F)(F)F)C(F)(F)F)c1. The third kappa shape index (κ3) is 3.71. The Labute approximate surface area is 162 Å². The fraction of sp³-hybridized carbons (Fsp3) is 0.294. The highest BCUT2D eigenvalue weighted by Crippen LogP contribution is 2.56. The second-order valence-electron chi connectivity index (χ2n) is 5.81. The fourth-order valence-corrected chi connectivity index (χ4v) is 3.38. The Hall–Kier alpha value is -2.17. The van der Waals surface area contributed by atoms with E-state index in [1.54, 1.807) is 0 Å². The number of hydrogen-bond donors (Lipinski definition) is 0. The molecule has 0 aromatic heterocycles. The highest BCUT2D eigenvalue weighted by molar-refractivity contribution is 9.10. The number of rotatable bonds is 4. The minimum atomic E-state index is -6.29. The Morgan fingerprint density at radius 2 is 1.46 bits per heavy atom. The first-order chi connectivity index (χ1) is 12.7. The number of aryl methyl sites for hydroxylation is 1. The molecule has 2 rings (SSSR count). The van der Waals surface area contributed by atoms with Crippen LogP contribution in [-0.2, 0) is 12.1 Å². The summed E-state index contributed by atoms with van der Waals surface area (Å²) in [5, 5.41) is 10.7. The lowest BCUT2D eigenvalue weighted by atomic mass is 9.85. The highest BCUT2D eigenvalue weighted by Gasteiger charge is 2.74. The van der Waals surface area contributed by atoms with Crippen molar-refractivity contribution in [2.24, 2.45) is 0 Å². The molecule has 0 amide bonds. The molecule has 152 valence electrons. The van der Waals surface area contributed by atoms with Crippen LogP contribution < -0.4 is 0 Å². The molecule has 2 aromatic rings. The summed E-state index contributed by atoms with van der Waals surface area (Å²) >= 11 is 2.91. The Bertz CT molecular complexity index is 878. The van der Waals surface area contributed by atoms with Gasteiger partial charge in [-0.3, -0.25) is 10.1 Å². The average molecular weight is 474 g/mol. The molecular weight excluding hydrogens is 463 g/mol. The summed E-state index contributed by atoms with van der Waals surface area (Å²) in [5.41, 5.74) is -8.58. The van der Waals surface area contributed by atoms with Crippen LogP contribution in [0.4, 0.5) is 36.4 Å². The quantitative estimate of drug-likeness (QED) is 0.276. The molecule has 0 aliphatic rings. The van der Waals surface area contributed by atoms with Crippen LogP contribution in [0.15, 0.2) is 40.9 Å². The second kappa shape index (κ2) is 7.34. The number of nitro groups is 1. The van der Waals surface area contributed by atoms with Crippen molar-refractivity contribution in [1.82, 2.24) is 0 Å². The van der Waals surface area contributed by atoms with Gasteiger partial charge in [0.15, 0.2) is 0 Å². The third-order valence-corrected chi connectivity index (χ3v) is 4.70. The van der Waals surface area contributed by atoms with E-state index in [2.05, 4.69) is 15.9 Å². The van der Waals surface area contributed by atoms with E-state index in [0.29, 0.717) is 6.07 Å². The van der Waals surface area contributed by atoms with Gasteiger partial charge in [0.05, 0.1) is 4.92 Å². The minimum absolute atomic E-state index is 0.0445. The van der Waals surface area contributed by atoms with Gasteiger partial charge >= 0.3 is 18.0 Å². The Kier molecular flexibility index (Phi) is 5.80. The van der Waals surface area contributed by atoms with Crippen molar-refractivity contribution < 1.29 is 35.7 Å². The predicted octanol–water partition coefficient (Wildman–Crippen LogP) is 6.88. The molecule has 0 heterocycles. The maximum atomic E-state index is 14.8. The molecule has 0 aliphatic carbocycles. The first-order valence-electron chi connectivity index (χ1n) is 7.64. The van der Waals surface area contributed by atoms with Crippen LogP contribution in [0.5, 0.6) is 0 Å². The average Bonchev–Trinajstić information content (AvgIpc) is 2.58. The predicted molar refractivity (Wildman–Crippen MR) is 90.5 cm³/mol. The summed E-state index contributed by atoms with van der Waals surface area (Å²) in [6.45, 7) is 1.48. The molecule has 0 spiro atoms. The van der Waals surface area contributed by atoms with E-state index in [-0.39, 0.29) is 22.0 Å². The maximum absolute atomic E-state index is 14.8. The normalized spacial score (nSPS) is 12.9. The summed E-state index contributed by atoms with van der Waals surface area (Å²) in [6, 6.07) is 5.51. The van der Waals surface area contributed by atoms with Gasteiger partial charge in [0.25, 0.3) is 5.69 Å². The number of nitro benzene ring substituents is 1. The first-order valence-corrected chi connectivity index (χ1v) is 8.43. The molecule has 0 saturated heterocycles. The standard InChI is InChI=1S/C17H11BrF7NO2/c1-2-9-7-12(15(19,16(20,21)22)17(23,24)25)14(13(18)8-9)10-3-5-11(6-4-10)26(27)28/h3-8H,2H2,1H3. The number of nitrogens with zero attached hydrogens (tertiary/aromatic N) is 1. The zero-order valence-electron chi connectivity index (χ0n) is 14.0. The van der Waals surface area contributed by atoms with Gasteiger partial charge in [0.2, 0.25) is 0 Å². The van der Waals surface area contributed by atoms with E-state index in [1.807, 2.05) is 0 Å². The van der Waals surface area contributed by atoms with Gasteiger partial charge in [-0.25, -0.2) is 4.39 Å². The van der Waals surface area contributed by atoms with Gasteiger partial charge < -0.3 is 0 Å². The van der Waals surface area contributed by atoms with E-state index >= 15 is 0 Å². The van der Waals surface area contributed by atoms with Gasteiger partial charge in [0.1, 0.15) is 0 Å². The molecule has 0 fully saturated rings. The smallest absolute Gasteiger partial charge is 0.258 e. The molecular formula is C17H11BrF7NO2. The van der Waals surface area contributed by atoms with Crippen molar-refractivity contribution in [3.05, 3.63) is 62.1 Å². The van der Waals surface area contributed by atoms with Crippen molar-refractivity contribution in [3.8, 4) is 11.1 Å². The summed E-state index contributed by atoms with van der Waals surface area (Å²) in [7, 11) is 0. The van der Waals surface area contributed by atoms with Gasteiger partial charge in [-0.15, -0.1) is 0 Å². The van der Waals surface area contributed by atoms with E-state index in [0.717, 1.165) is 24.3 Å². The van der Waals surface area contributed by atoms with Gasteiger partial charge in [0, 0.05) is 27.7 Å². The van der Waals surface area contributed by atoms with Crippen molar-refractivity contribution in [2.75, 3.05) is 0 Å². The Balaban J connectivity index is 2.90.